The number of hydrogen-bond acceptors (Lipinski definition) is 2. The van der Waals surface area contributed by atoms with Crippen molar-refractivity contribution in [1.29, 1.82) is 5.41 Å². The molecule has 0 radical (unpaired) electrons. The van der Waals surface area contributed by atoms with Gasteiger partial charge in [-0.15, -0.1) is 0 Å². The molecule has 1 aliphatic rings. The number of fused-ring (bicyclic) bond motifs is 1. The van der Waals surface area contributed by atoms with Crippen LogP contribution in [0.1, 0.15) is 16.7 Å². The lowest BCUT2D eigenvalue weighted by atomic mass is 10.1. The Morgan fingerprint density at radius 2 is 1.95 bits per heavy atom. The standard InChI is InChI=1S/C16H16N2O/c1-11-9-13(19-2)7-8-15(11)18-10-12-5-3-4-6-14(12)16(18)17/h3-9,17H,10H2,1-2H3. The zero-order chi connectivity index (χ0) is 13.4. The van der Waals surface area contributed by atoms with Gasteiger partial charge in [0.05, 0.1) is 13.7 Å². The summed E-state index contributed by atoms with van der Waals surface area (Å²) in [5, 5.41) is 8.32. The molecule has 1 aliphatic heterocycles. The molecule has 19 heavy (non-hydrogen) atoms. The number of nitrogens with one attached hydrogen (secondary N) is 1. The zero-order valence-corrected chi connectivity index (χ0v) is 11.1. The molecule has 3 heteroatoms. The summed E-state index contributed by atoms with van der Waals surface area (Å²) < 4.78 is 5.23. The third-order valence-electron chi connectivity index (χ3n) is 3.57. The molecule has 0 unspecified atom stereocenters. The lowest BCUT2D eigenvalue weighted by Crippen LogP contribution is -2.23. The Morgan fingerprint density at radius 3 is 2.63 bits per heavy atom. The number of benzene rings is 2. The predicted octanol–water partition coefficient (Wildman–Crippen LogP) is 3.35. The second-order valence-corrected chi connectivity index (χ2v) is 4.74. The maximum Gasteiger partial charge on any atom is 0.133 e. The summed E-state index contributed by atoms with van der Waals surface area (Å²) in [6, 6.07) is 14.1. The Balaban J connectivity index is 2.00. The van der Waals surface area contributed by atoms with E-state index in [9.17, 15) is 0 Å². The molecule has 0 aromatic heterocycles. The molecular weight excluding hydrogens is 236 g/mol. The van der Waals surface area contributed by atoms with E-state index in [2.05, 4.69) is 6.07 Å². The van der Waals surface area contributed by atoms with Gasteiger partial charge in [0.2, 0.25) is 0 Å². The topological polar surface area (TPSA) is 36.3 Å². The molecule has 0 amide bonds. The van der Waals surface area contributed by atoms with Crippen LogP contribution >= 0.6 is 0 Å². The van der Waals surface area contributed by atoms with Crippen molar-refractivity contribution in [2.75, 3.05) is 12.0 Å². The Bertz CT molecular complexity index is 649. The van der Waals surface area contributed by atoms with Gasteiger partial charge in [0.15, 0.2) is 0 Å². The first-order valence-electron chi connectivity index (χ1n) is 6.29. The molecule has 2 aromatic carbocycles. The molecule has 0 spiro atoms. The minimum atomic E-state index is 0.573. The maximum absolute atomic E-state index is 8.32. The maximum atomic E-state index is 8.32. The van der Waals surface area contributed by atoms with Crippen molar-refractivity contribution < 1.29 is 4.74 Å². The third kappa shape index (κ3) is 1.87. The molecular formula is C16H16N2O. The first-order chi connectivity index (χ1) is 9.20. The molecule has 3 rings (SSSR count). The highest BCUT2D eigenvalue weighted by molar-refractivity contribution is 6.11. The fraction of sp³-hybridized carbons (Fsp3) is 0.188. The highest BCUT2D eigenvalue weighted by Gasteiger charge is 2.25. The predicted molar refractivity (Wildman–Crippen MR) is 77.2 cm³/mol. The van der Waals surface area contributed by atoms with Crippen LogP contribution in [0, 0.1) is 12.3 Å². The van der Waals surface area contributed by atoms with E-state index in [1.165, 1.54) is 5.56 Å². The van der Waals surface area contributed by atoms with Crippen LogP contribution in [0.3, 0.4) is 0 Å². The normalized spacial score (nSPS) is 13.6. The monoisotopic (exact) mass is 252 g/mol. The van der Waals surface area contributed by atoms with Crippen molar-refractivity contribution in [3.63, 3.8) is 0 Å². The van der Waals surface area contributed by atoms with E-state index >= 15 is 0 Å². The van der Waals surface area contributed by atoms with Gasteiger partial charge in [0.1, 0.15) is 11.6 Å². The van der Waals surface area contributed by atoms with E-state index in [0.717, 1.165) is 29.1 Å². The van der Waals surface area contributed by atoms with Crippen LogP contribution in [0.15, 0.2) is 42.5 Å². The molecule has 3 nitrogen and oxygen atoms in total. The first kappa shape index (κ1) is 11.8. The Hall–Kier alpha value is -2.29. The Morgan fingerprint density at radius 1 is 1.16 bits per heavy atom. The van der Waals surface area contributed by atoms with Crippen molar-refractivity contribution in [3.05, 3.63) is 59.2 Å². The van der Waals surface area contributed by atoms with Gasteiger partial charge in [0.25, 0.3) is 0 Å². The Kier molecular flexibility index (Phi) is 2.75. The molecule has 0 saturated carbocycles. The second kappa shape index (κ2) is 4.43. The fourth-order valence-corrected chi connectivity index (χ4v) is 2.55. The zero-order valence-electron chi connectivity index (χ0n) is 11.1. The lowest BCUT2D eigenvalue weighted by Gasteiger charge is -2.20. The number of nitrogens with zero attached hydrogens (tertiary/aromatic N) is 1. The van der Waals surface area contributed by atoms with Gasteiger partial charge in [-0.2, -0.15) is 0 Å². The molecule has 0 atom stereocenters. The molecule has 1 heterocycles. The van der Waals surface area contributed by atoms with E-state index in [1.807, 2.05) is 48.2 Å². The van der Waals surface area contributed by atoms with E-state index in [1.54, 1.807) is 7.11 Å². The summed E-state index contributed by atoms with van der Waals surface area (Å²) in [6.07, 6.45) is 0. The Labute approximate surface area is 113 Å². The van der Waals surface area contributed by atoms with Gasteiger partial charge in [-0.3, -0.25) is 5.41 Å². The lowest BCUT2D eigenvalue weighted by molar-refractivity contribution is 0.414. The van der Waals surface area contributed by atoms with Crippen LogP contribution in [-0.2, 0) is 6.54 Å². The van der Waals surface area contributed by atoms with Crippen LogP contribution in [-0.4, -0.2) is 12.9 Å². The molecule has 0 fully saturated rings. The average Bonchev–Trinajstić information content (AvgIpc) is 2.76. The highest BCUT2D eigenvalue weighted by Crippen LogP contribution is 2.31. The minimum Gasteiger partial charge on any atom is -0.497 e. The van der Waals surface area contributed by atoms with Gasteiger partial charge in [-0.25, -0.2) is 0 Å². The SMILES string of the molecule is COc1ccc(N2Cc3ccccc3C2=N)c(C)c1. The molecule has 0 aliphatic carbocycles. The van der Waals surface area contributed by atoms with Crippen LogP contribution in [0.5, 0.6) is 5.75 Å². The fourth-order valence-electron chi connectivity index (χ4n) is 2.55. The van der Waals surface area contributed by atoms with Gasteiger partial charge < -0.3 is 9.64 Å². The molecule has 0 saturated heterocycles. The number of amidine groups is 1. The highest BCUT2D eigenvalue weighted by atomic mass is 16.5. The van der Waals surface area contributed by atoms with Crippen LogP contribution in [0.4, 0.5) is 5.69 Å². The van der Waals surface area contributed by atoms with E-state index < -0.39 is 0 Å². The van der Waals surface area contributed by atoms with E-state index in [-0.39, 0.29) is 0 Å². The molecule has 2 aromatic rings. The first-order valence-corrected chi connectivity index (χ1v) is 6.29. The molecule has 96 valence electrons. The third-order valence-corrected chi connectivity index (χ3v) is 3.57. The van der Waals surface area contributed by atoms with Crippen molar-refractivity contribution in [2.24, 2.45) is 0 Å². The summed E-state index contributed by atoms with van der Waals surface area (Å²) in [6.45, 7) is 2.82. The van der Waals surface area contributed by atoms with Crippen molar-refractivity contribution >= 4 is 11.5 Å². The van der Waals surface area contributed by atoms with Crippen molar-refractivity contribution in [2.45, 2.75) is 13.5 Å². The largest absolute Gasteiger partial charge is 0.497 e. The number of methoxy groups -OCH3 is 1. The van der Waals surface area contributed by atoms with Gasteiger partial charge in [-0.05, 0) is 36.2 Å². The summed E-state index contributed by atoms with van der Waals surface area (Å²) in [5.74, 6) is 1.42. The molecule has 0 bridgehead atoms. The number of rotatable bonds is 2. The summed E-state index contributed by atoms with van der Waals surface area (Å²) >= 11 is 0. The van der Waals surface area contributed by atoms with E-state index in [0.29, 0.717) is 5.84 Å². The van der Waals surface area contributed by atoms with Crippen molar-refractivity contribution in [3.8, 4) is 5.75 Å². The van der Waals surface area contributed by atoms with Gasteiger partial charge >= 0.3 is 0 Å². The van der Waals surface area contributed by atoms with Crippen LogP contribution < -0.4 is 9.64 Å². The number of anilines is 1. The second-order valence-electron chi connectivity index (χ2n) is 4.74. The molecule has 1 N–H and O–H groups in total. The summed E-state index contributed by atoms with van der Waals surface area (Å²) in [4.78, 5) is 2.04. The van der Waals surface area contributed by atoms with E-state index in [4.69, 9.17) is 10.1 Å². The quantitative estimate of drug-likeness (QED) is 0.889. The number of hydrogen-bond donors (Lipinski definition) is 1. The number of ether oxygens (including phenoxy) is 1. The van der Waals surface area contributed by atoms with Gasteiger partial charge in [0, 0.05) is 11.3 Å². The van der Waals surface area contributed by atoms with Gasteiger partial charge in [-0.1, -0.05) is 24.3 Å². The average molecular weight is 252 g/mol. The number of aryl methyl sites for hydroxylation is 1. The van der Waals surface area contributed by atoms with Crippen LogP contribution in [0.25, 0.3) is 0 Å². The summed E-state index contributed by atoms with van der Waals surface area (Å²) in [5.41, 5.74) is 4.43. The minimum absolute atomic E-state index is 0.573. The summed E-state index contributed by atoms with van der Waals surface area (Å²) in [7, 11) is 1.67. The van der Waals surface area contributed by atoms with Crippen LogP contribution in [0.2, 0.25) is 0 Å². The van der Waals surface area contributed by atoms with Crippen molar-refractivity contribution in [1.82, 2.24) is 0 Å². The smallest absolute Gasteiger partial charge is 0.133 e.